The molecule has 1 saturated heterocycles. The molecule has 24 heavy (non-hydrogen) atoms. The quantitative estimate of drug-likeness (QED) is 0.527. The number of rotatable bonds is 4. The molecule has 0 radical (unpaired) electrons. The lowest BCUT2D eigenvalue weighted by molar-refractivity contribution is 0.0625. The highest BCUT2D eigenvalue weighted by atomic mass is 28.4. The Hall–Kier alpha value is -0.603. The van der Waals surface area contributed by atoms with Crippen molar-refractivity contribution in [2.24, 2.45) is 0 Å². The van der Waals surface area contributed by atoms with Crippen LogP contribution in [0.4, 0.5) is 0 Å². The highest BCUT2D eigenvalue weighted by molar-refractivity contribution is 6.81. The second-order valence-corrected chi connectivity index (χ2v) is 15.3. The number of hydrogen-bond acceptors (Lipinski definition) is 1. The summed E-state index contributed by atoms with van der Waals surface area (Å²) in [5, 5.41) is 0.466. The first kappa shape index (κ1) is 19.7. The van der Waals surface area contributed by atoms with E-state index in [-0.39, 0.29) is 15.7 Å². The van der Waals surface area contributed by atoms with Crippen molar-refractivity contribution >= 4 is 8.32 Å². The SMILES string of the molecule is CCC1(CC)C[C@@H](Cc2ccccc2)[Si](C(C)(C)C)(C(C)(C)C)O1. The molecular formula is C22H38OSi. The number of hydrogen-bond donors (Lipinski definition) is 0. The van der Waals surface area contributed by atoms with Gasteiger partial charge in [-0.05, 0) is 46.9 Å². The van der Waals surface area contributed by atoms with Crippen molar-refractivity contribution in [3.05, 3.63) is 35.9 Å². The van der Waals surface area contributed by atoms with Gasteiger partial charge in [0.25, 0.3) is 0 Å². The van der Waals surface area contributed by atoms with Crippen LogP contribution in [-0.4, -0.2) is 13.9 Å². The van der Waals surface area contributed by atoms with Crippen LogP contribution >= 0.6 is 0 Å². The minimum atomic E-state index is -2.03. The van der Waals surface area contributed by atoms with E-state index in [9.17, 15) is 0 Å². The average molecular weight is 347 g/mol. The van der Waals surface area contributed by atoms with Gasteiger partial charge in [0, 0.05) is 0 Å². The van der Waals surface area contributed by atoms with Gasteiger partial charge in [-0.3, -0.25) is 0 Å². The third-order valence-corrected chi connectivity index (χ3v) is 13.2. The molecule has 1 aliphatic rings. The molecule has 0 aromatic heterocycles. The molecule has 1 aromatic carbocycles. The van der Waals surface area contributed by atoms with Crippen LogP contribution in [0.5, 0.6) is 0 Å². The topological polar surface area (TPSA) is 9.23 Å². The summed E-state index contributed by atoms with van der Waals surface area (Å²) in [4.78, 5) is 0. The van der Waals surface area contributed by atoms with E-state index in [1.807, 2.05) is 0 Å². The maximum Gasteiger partial charge on any atom is 0.207 e. The second-order valence-electron chi connectivity index (χ2n) is 9.82. The molecule has 1 heterocycles. The lowest BCUT2D eigenvalue weighted by Gasteiger charge is -2.52. The average Bonchev–Trinajstić information content (AvgIpc) is 2.84. The third kappa shape index (κ3) is 3.24. The van der Waals surface area contributed by atoms with Gasteiger partial charge in [-0.1, -0.05) is 85.7 Å². The minimum absolute atomic E-state index is 0.0895. The van der Waals surface area contributed by atoms with Gasteiger partial charge in [0.05, 0.1) is 5.60 Å². The van der Waals surface area contributed by atoms with Crippen molar-refractivity contribution in [1.82, 2.24) is 0 Å². The summed E-state index contributed by atoms with van der Waals surface area (Å²) in [6.45, 7) is 19.2. The highest BCUT2D eigenvalue weighted by Gasteiger charge is 2.66. The molecule has 1 aromatic rings. The van der Waals surface area contributed by atoms with Crippen LogP contribution < -0.4 is 0 Å². The summed E-state index contributed by atoms with van der Waals surface area (Å²) in [5.74, 6) is 0. The smallest absolute Gasteiger partial charge is 0.207 e. The summed E-state index contributed by atoms with van der Waals surface area (Å²) in [7, 11) is -2.03. The molecule has 0 bridgehead atoms. The fraction of sp³-hybridized carbons (Fsp3) is 0.727. The largest absolute Gasteiger partial charge is 0.410 e. The van der Waals surface area contributed by atoms with E-state index in [1.165, 1.54) is 18.4 Å². The Morgan fingerprint density at radius 2 is 1.46 bits per heavy atom. The lowest BCUT2D eigenvalue weighted by atomic mass is 9.90. The van der Waals surface area contributed by atoms with E-state index in [0.717, 1.165) is 12.8 Å². The van der Waals surface area contributed by atoms with Gasteiger partial charge in [0.15, 0.2) is 0 Å². The normalized spacial score (nSPS) is 23.4. The van der Waals surface area contributed by atoms with E-state index >= 15 is 0 Å². The van der Waals surface area contributed by atoms with Crippen LogP contribution in [0, 0.1) is 0 Å². The summed E-state index contributed by atoms with van der Waals surface area (Å²) >= 11 is 0. The van der Waals surface area contributed by atoms with Crippen LogP contribution in [0.2, 0.25) is 15.6 Å². The second kappa shape index (κ2) is 6.61. The Morgan fingerprint density at radius 3 is 1.88 bits per heavy atom. The van der Waals surface area contributed by atoms with Crippen molar-refractivity contribution < 1.29 is 4.43 Å². The molecule has 2 rings (SSSR count). The fourth-order valence-electron chi connectivity index (χ4n) is 5.51. The zero-order valence-electron chi connectivity index (χ0n) is 17.2. The molecule has 0 amide bonds. The van der Waals surface area contributed by atoms with Gasteiger partial charge in [-0.25, -0.2) is 0 Å². The fourth-order valence-corrected chi connectivity index (χ4v) is 13.2. The summed E-state index contributed by atoms with van der Waals surface area (Å²) < 4.78 is 7.29. The maximum absolute atomic E-state index is 7.29. The van der Waals surface area contributed by atoms with Crippen molar-refractivity contribution in [2.45, 2.75) is 102 Å². The molecule has 1 fully saturated rings. The molecule has 136 valence electrons. The predicted octanol–water partition coefficient (Wildman–Crippen LogP) is 7.12. The first-order valence-electron chi connectivity index (χ1n) is 9.75. The molecule has 1 atom stereocenters. The van der Waals surface area contributed by atoms with E-state index in [4.69, 9.17) is 4.43 Å². The van der Waals surface area contributed by atoms with E-state index in [0.29, 0.717) is 5.54 Å². The van der Waals surface area contributed by atoms with Crippen molar-refractivity contribution in [1.29, 1.82) is 0 Å². The van der Waals surface area contributed by atoms with Crippen LogP contribution in [-0.2, 0) is 10.8 Å². The first-order valence-corrected chi connectivity index (χ1v) is 11.7. The van der Waals surface area contributed by atoms with E-state index in [2.05, 4.69) is 85.7 Å². The molecule has 0 N–H and O–H groups in total. The van der Waals surface area contributed by atoms with Gasteiger partial charge in [-0.2, -0.15) is 0 Å². The molecular weight excluding hydrogens is 308 g/mol. The monoisotopic (exact) mass is 346 g/mol. The Morgan fingerprint density at radius 1 is 0.958 bits per heavy atom. The van der Waals surface area contributed by atoms with Gasteiger partial charge in [-0.15, -0.1) is 0 Å². The maximum atomic E-state index is 7.29. The van der Waals surface area contributed by atoms with Gasteiger partial charge in [0.1, 0.15) is 0 Å². The first-order chi connectivity index (χ1) is 11.0. The molecule has 0 saturated carbocycles. The Labute approximate surface area is 151 Å². The molecule has 0 spiro atoms. The van der Waals surface area contributed by atoms with Gasteiger partial charge in [0.2, 0.25) is 8.32 Å². The van der Waals surface area contributed by atoms with Crippen molar-refractivity contribution in [3.8, 4) is 0 Å². The van der Waals surface area contributed by atoms with Gasteiger partial charge >= 0.3 is 0 Å². The third-order valence-electron chi connectivity index (χ3n) is 6.41. The van der Waals surface area contributed by atoms with E-state index in [1.54, 1.807) is 0 Å². The van der Waals surface area contributed by atoms with Crippen molar-refractivity contribution in [3.63, 3.8) is 0 Å². The minimum Gasteiger partial charge on any atom is -0.410 e. The highest BCUT2D eigenvalue weighted by Crippen LogP contribution is 2.65. The van der Waals surface area contributed by atoms with Crippen LogP contribution in [0.1, 0.15) is 80.2 Å². The van der Waals surface area contributed by atoms with Gasteiger partial charge < -0.3 is 4.43 Å². The molecule has 0 unspecified atom stereocenters. The summed E-state index contributed by atoms with van der Waals surface area (Å²) in [6, 6.07) is 11.1. The zero-order valence-corrected chi connectivity index (χ0v) is 18.2. The Kier molecular flexibility index (Phi) is 5.43. The van der Waals surface area contributed by atoms with E-state index < -0.39 is 8.32 Å². The number of benzene rings is 1. The van der Waals surface area contributed by atoms with Crippen LogP contribution in [0.3, 0.4) is 0 Å². The Balaban J connectivity index is 2.54. The van der Waals surface area contributed by atoms with Crippen LogP contribution in [0.25, 0.3) is 0 Å². The Bertz CT molecular complexity index is 517. The standard InChI is InChI=1S/C22H38OSi/c1-9-22(10-2)17-19(16-18-14-12-11-13-15-18)24(23-22,20(3,4)5)21(6,7)8/h11-15,19H,9-10,16-17H2,1-8H3/t19-/m1/s1. The van der Waals surface area contributed by atoms with Crippen molar-refractivity contribution in [2.75, 3.05) is 0 Å². The summed E-state index contributed by atoms with van der Waals surface area (Å²) in [6.07, 6.45) is 4.67. The molecule has 1 nitrogen and oxygen atoms in total. The zero-order chi connectivity index (χ0) is 18.2. The predicted molar refractivity (Wildman–Crippen MR) is 108 cm³/mol. The lowest BCUT2D eigenvalue weighted by Crippen LogP contribution is -2.56. The van der Waals surface area contributed by atoms with Crippen LogP contribution in [0.15, 0.2) is 30.3 Å². The molecule has 0 aliphatic carbocycles. The molecule has 1 aliphatic heterocycles. The summed E-state index contributed by atoms with van der Waals surface area (Å²) in [5.41, 5.74) is 2.24. The molecule has 2 heteroatoms.